The number of ether oxygens (including phenoxy) is 1. The van der Waals surface area contributed by atoms with Crippen molar-refractivity contribution in [2.45, 2.75) is 12.2 Å². The van der Waals surface area contributed by atoms with Crippen LogP contribution in [0.15, 0.2) is 29.3 Å². The Morgan fingerprint density at radius 3 is 2.39 bits per heavy atom. The third kappa shape index (κ3) is 9.56. The molecule has 7 nitrogen and oxygen atoms in total. The number of hydrogen-bond acceptors (Lipinski definition) is 4. The second kappa shape index (κ2) is 13.0. The van der Waals surface area contributed by atoms with Gasteiger partial charge in [0.25, 0.3) is 0 Å². The van der Waals surface area contributed by atoms with Gasteiger partial charge in [-0.15, -0.1) is 24.0 Å². The molecule has 1 atom stereocenters. The molecule has 2 N–H and O–H groups in total. The average molecular weight is 561 g/mol. The molecular formula is C19H28F4IN5O2. The van der Waals surface area contributed by atoms with Gasteiger partial charge < -0.3 is 20.3 Å². The summed E-state index contributed by atoms with van der Waals surface area (Å²) in [7, 11) is 2.59. The van der Waals surface area contributed by atoms with E-state index in [0.29, 0.717) is 37.7 Å². The third-order valence-corrected chi connectivity index (χ3v) is 4.68. The van der Waals surface area contributed by atoms with Crippen LogP contribution in [0.1, 0.15) is 11.6 Å². The molecule has 2 rings (SSSR count). The number of benzene rings is 1. The molecule has 1 unspecified atom stereocenters. The summed E-state index contributed by atoms with van der Waals surface area (Å²) < 4.78 is 56.0. The van der Waals surface area contributed by atoms with Crippen molar-refractivity contribution in [1.29, 1.82) is 0 Å². The maximum absolute atomic E-state index is 13.3. The summed E-state index contributed by atoms with van der Waals surface area (Å²) in [5.74, 6) is -0.755. The van der Waals surface area contributed by atoms with Crippen LogP contribution in [0, 0.1) is 5.82 Å². The summed E-state index contributed by atoms with van der Waals surface area (Å²) in [6.45, 7) is 1.34. The molecule has 0 spiro atoms. The number of alkyl halides is 3. The number of nitrogens with zero attached hydrogens (tertiary/aromatic N) is 3. The Hall–Kier alpha value is -1.67. The molecule has 0 radical (unpaired) electrons. The highest BCUT2D eigenvalue weighted by Crippen LogP contribution is 2.21. The fourth-order valence-corrected chi connectivity index (χ4v) is 3.10. The molecule has 0 aliphatic carbocycles. The van der Waals surface area contributed by atoms with Crippen molar-refractivity contribution in [3.05, 3.63) is 35.6 Å². The van der Waals surface area contributed by atoms with Crippen molar-refractivity contribution in [3.8, 4) is 0 Å². The van der Waals surface area contributed by atoms with Crippen LogP contribution in [0.3, 0.4) is 0 Å². The number of carbonyl (C=O) groups is 1. The molecule has 1 saturated heterocycles. The van der Waals surface area contributed by atoms with E-state index in [0.717, 1.165) is 12.6 Å². The lowest BCUT2D eigenvalue weighted by molar-refractivity contribution is -0.157. The predicted octanol–water partition coefficient (Wildman–Crippen LogP) is 2.00. The second-order valence-electron chi connectivity index (χ2n) is 6.89. The minimum Gasteiger partial charge on any atom is -0.379 e. The van der Waals surface area contributed by atoms with Crippen LogP contribution in [0.25, 0.3) is 0 Å². The number of carbonyl (C=O) groups excluding carboxylic acids is 1. The van der Waals surface area contributed by atoms with Gasteiger partial charge in [0.2, 0.25) is 5.91 Å². The van der Waals surface area contributed by atoms with Gasteiger partial charge in [-0.1, -0.05) is 12.1 Å². The fraction of sp³-hybridized carbons (Fsp3) is 0.579. The smallest absolute Gasteiger partial charge is 0.379 e. The molecule has 1 aromatic rings. The first-order valence-corrected chi connectivity index (χ1v) is 9.52. The average Bonchev–Trinajstić information content (AvgIpc) is 2.71. The highest BCUT2D eigenvalue weighted by atomic mass is 127. The first-order valence-electron chi connectivity index (χ1n) is 9.52. The zero-order valence-corrected chi connectivity index (χ0v) is 19.7. The number of guanidine groups is 1. The van der Waals surface area contributed by atoms with Crippen molar-refractivity contribution >= 4 is 35.8 Å². The number of nitrogens with one attached hydrogen (secondary N) is 2. The molecule has 1 aliphatic rings. The Labute approximate surface area is 196 Å². The van der Waals surface area contributed by atoms with Gasteiger partial charge >= 0.3 is 6.18 Å². The van der Waals surface area contributed by atoms with Crippen LogP contribution in [0.5, 0.6) is 0 Å². The van der Waals surface area contributed by atoms with Gasteiger partial charge in [0, 0.05) is 33.7 Å². The van der Waals surface area contributed by atoms with Gasteiger partial charge in [0.15, 0.2) is 5.96 Å². The van der Waals surface area contributed by atoms with E-state index in [1.165, 1.54) is 19.2 Å². The lowest BCUT2D eigenvalue weighted by Gasteiger charge is -2.35. The van der Waals surface area contributed by atoms with Crippen LogP contribution >= 0.6 is 24.0 Å². The first kappa shape index (κ1) is 27.4. The van der Waals surface area contributed by atoms with Crippen LogP contribution in [-0.2, 0) is 9.53 Å². The molecule has 0 saturated carbocycles. The van der Waals surface area contributed by atoms with Gasteiger partial charge in [-0.05, 0) is 17.7 Å². The normalized spacial score (nSPS) is 16.3. The quantitative estimate of drug-likeness (QED) is 0.231. The molecule has 176 valence electrons. The molecule has 0 bridgehead atoms. The zero-order valence-electron chi connectivity index (χ0n) is 17.4. The summed E-state index contributed by atoms with van der Waals surface area (Å²) in [6.07, 6.45) is -4.45. The summed E-state index contributed by atoms with van der Waals surface area (Å²) in [5.41, 5.74) is 0.905. The monoisotopic (exact) mass is 561 g/mol. The summed E-state index contributed by atoms with van der Waals surface area (Å²) in [5, 5.41) is 5.82. The number of rotatable bonds is 7. The Morgan fingerprint density at radius 1 is 1.23 bits per heavy atom. The molecule has 31 heavy (non-hydrogen) atoms. The van der Waals surface area contributed by atoms with Crippen LogP contribution in [0.4, 0.5) is 17.6 Å². The Kier molecular flexibility index (Phi) is 11.5. The largest absolute Gasteiger partial charge is 0.406 e. The molecule has 12 heteroatoms. The van der Waals surface area contributed by atoms with E-state index in [2.05, 4.69) is 20.5 Å². The van der Waals surface area contributed by atoms with Gasteiger partial charge in [-0.3, -0.25) is 14.7 Å². The number of halogens is 5. The van der Waals surface area contributed by atoms with E-state index in [1.807, 2.05) is 0 Å². The van der Waals surface area contributed by atoms with Gasteiger partial charge in [0.05, 0.1) is 25.8 Å². The van der Waals surface area contributed by atoms with Crippen molar-refractivity contribution in [2.24, 2.45) is 4.99 Å². The number of morpholine rings is 1. The standard InChI is InChI=1S/C19H27F4N5O2.HI/c1-24-18(26-12-17(29)27(2)13-19(21,22)23)25-11-16(28-7-9-30-10-8-28)14-3-5-15(20)6-4-14;/h3-6,16H,7-13H2,1-2H3,(H2,24,25,26);1H. The molecule has 0 aromatic heterocycles. The summed E-state index contributed by atoms with van der Waals surface area (Å²) in [4.78, 5) is 18.7. The molecule has 1 aliphatic heterocycles. The maximum atomic E-state index is 13.3. The number of aliphatic imine (C=N–C) groups is 1. The Balaban J connectivity index is 0.00000480. The minimum absolute atomic E-state index is 0. The van der Waals surface area contributed by atoms with Crippen LogP contribution in [0.2, 0.25) is 0 Å². The summed E-state index contributed by atoms with van der Waals surface area (Å²) in [6, 6.07) is 6.11. The molecule has 1 amide bonds. The second-order valence-corrected chi connectivity index (χ2v) is 6.89. The zero-order chi connectivity index (χ0) is 22.1. The highest BCUT2D eigenvalue weighted by molar-refractivity contribution is 14.0. The SMILES string of the molecule is CN=C(NCC(=O)N(C)CC(F)(F)F)NCC(c1ccc(F)cc1)N1CCOCC1.I. The molecule has 1 aromatic carbocycles. The van der Waals surface area contributed by atoms with Crippen molar-refractivity contribution < 1.29 is 27.1 Å². The van der Waals surface area contributed by atoms with Crippen LogP contribution < -0.4 is 10.6 Å². The Morgan fingerprint density at radius 2 is 1.84 bits per heavy atom. The van der Waals surface area contributed by atoms with Crippen molar-refractivity contribution in [3.63, 3.8) is 0 Å². The van der Waals surface area contributed by atoms with Gasteiger partial charge in [0.1, 0.15) is 12.4 Å². The van der Waals surface area contributed by atoms with E-state index >= 15 is 0 Å². The Bertz CT molecular complexity index is 712. The van der Waals surface area contributed by atoms with E-state index in [4.69, 9.17) is 4.74 Å². The van der Waals surface area contributed by atoms with E-state index in [9.17, 15) is 22.4 Å². The number of amides is 1. The topological polar surface area (TPSA) is 69.2 Å². The van der Waals surface area contributed by atoms with E-state index < -0.39 is 18.6 Å². The number of hydrogen-bond donors (Lipinski definition) is 2. The highest BCUT2D eigenvalue weighted by Gasteiger charge is 2.31. The maximum Gasteiger partial charge on any atom is 0.406 e. The fourth-order valence-electron chi connectivity index (χ4n) is 3.10. The molecule has 1 heterocycles. The van der Waals surface area contributed by atoms with Crippen LogP contribution in [-0.4, -0.2) is 87.9 Å². The van der Waals surface area contributed by atoms with E-state index in [-0.39, 0.29) is 48.3 Å². The lowest BCUT2D eigenvalue weighted by Crippen LogP contribution is -2.48. The molecular weight excluding hydrogens is 533 g/mol. The minimum atomic E-state index is -4.45. The predicted molar refractivity (Wildman–Crippen MR) is 120 cm³/mol. The van der Waals surface area contributed by atoms with E-state index in [1.54, 1.807) is 12.1 Å². The first-order chi connectivity index (χ1) is 14.2. The van der Waals surface area contributed by atoms with Crippen molar-refractivity contribution in [2.75, 3.05) is 60.0 Å². The van der Waals surface area contributed by atoms with Crippen molar-refractivity contribution in [1.82, 2.24) is 20.4 Å². The molecule has 1 fully saturated rings. The number of likely N-dealkylation sites (N-methyl/N-ethyl adjacent to an activating group) is 1. The van der Waals surface area contributed by atoms with Gasteiger partial charge in [-0.2, -0.15) is 13.2 Å². The summed E-state index contributed by atoms with van der Waals surface area (Å²) >= 11 is 0. The lowest BCUT2D eigenvalue weighted by atomic mass is 10.0. The third-order valence-electron chi connectivity index (χ3n) is 4.68. The van der Waals surface area contributed by atoms with Gasteiger partial charge in [-0.25, -0.2) is 4.39 Å².